The van der Waals surface area contributed by atoms with E-state index in [-0.39, 0.29) is 5.92 Å². The Kier molecular flexibility index (Phi) is 6.12. The van der Waals surface area contributed by atoms with Crippen molar-refractivity contribution in [2.75, 3.05) is 6.54 Å². The lowest BCUT2D eigenvalue weighted by Gasteiger charge is -2.18. The van der Waals surface area contributed by atoms with Crippen molar-refractivity contribution in [2.45, 2.75) is 12.3 Å². The average Bonchev–Trinajstić information content (AvgIpc) is 2.58. The maximum atomic E-state index is 11.7. The predicted molar refractivity (Wildman–Crippen MR) is 89.1 cm³/mol. The van der Waals surface area contributed by atoms with E-state index >= 15 is 0 Å². The molecule has 1 atom stereocenters. The number of hydrogen-bond acceptors (Lipinski definition) is 2. The molecule has 2 aromatic rings. The number of carbonyl (C=O) groups is 2. The van der Waals surface area contributed by atoms with Crippen molar-refractivity contribution in [3.63, 3.8) is 0 Å². The van der Waals surface area contributed by atoms with Crippen LogP contribution in [0.25, 0.3) is 0 Å². The van der Waals surface area contributed by atoms with Gasteiger partial charge < -0.3 is 10.4 Å². The molecule has 0 aliphatic rings. The fourth-order valence-corrected chi connectivity index (χ4v) is 2.36. The fraction of sp³-hybridized carbons (Fsp3) is 0.158. The van der Waals surface area contributed by atoms with E-state index in [4.69, 9.17) is 5.11 Å². The Hall–Kier alpha value is -2.88. The highest BCUT2D eigenvalue weighted by molar-refractivity contribution is 5.93. The van der Waals surface area contributed by atoms with Crippen molar-refractivity contribution in [3.05, 3.63) is 83.9 Å². The van der Waals surface area contributed by atoms with Gasteiger partial charge in [-0.25, -0.2) is 4.79 Å². The van der Waals surface area contributed by atoms with Crippen LogP contribution in [0.3, 0.4) is 0 Å². The van der Waals surface area contributed by atoms with Crippen LogP contribution in [-0.4, -0.2) is 23.5 Å². The van der Waals surface area contributed by atoms with Gasteiger partial charge in [-0.2, -0.15) is 0 Å². The molecule has 4 nitrogen and oxygen atoms in total. The van der Waals surface area contributed by atoms with Crippen LogP contribution in [0.15, 0.2) is 72.8 Å². The standard InChI is InChI=1S/C19H19NO3/c21-18(11-12-19(22)23)20-14-17(16-9-5-2-6-10-16)13-15-7-3-1-4-8-15/h1-12,17H,13-14H2,(H,20,21)(H,22,23)/b12-11-. The Morgan fingerprint density at radius 2 is 1.57 bits per heavy atom. The van der Waals surface area contributed by atoms with E-state index in [1.54, 1.807) is 0 Å². The Morgan fingerprint density at radius 3 is 2.17 bits per heavy atom. The topological polar surface area (TPSA) is 66.4 Å². The number of carbonyl (C=O) groups excluding carboxylic acids is 1. The van der Waals surface area contributed by atoms with Gasteiger partial charge in [0.25, 0.3) is 0 Å². The van der Waals surface area contributed by atoms with Gasteiger partial charge in [0.2, 0.25) is 5.91 Å². The third kappa shape index (κ3) is 5.79. The molecule has 0 radical (unpaired) electrons. The molecule has 0 fully saturated rings. The molecule has 0 heterocycles. The van der Waals surface area contributed by atoms with Gasteiger partial charge in [-0.3, -0.25) is 4.79 Å². The summed E-state index contributed by atoms with van der Waals surface area (Å²) in [6.07, 6.45) is 2.67. The van der Waals surface area contributed by atoms with Gasteiger partial charge >= 0.3 is 5.97 Å². The van der Waals surface area contributed by atoms with Gasteiger partial charge in [-0.1, -0.05) is 60.7 Å². The summed E-state index contributed by atoms with van der Waals surface area (Å²) in [5, 5.41) is 11.3. The number of carboxylic acid groups (broad SMARTS) is 1. The zero-order chi connectivity index (χ0) is 16.5. The molecule has 1 amide bonds. The average molecular weight is 309 g/mol. The quantitative estimate of drug-likeness (QED) is 0.773. The number of amides is 1. The van der Waals surface area contributed by atoms with Crippen LogP contribution >= 0.6 is 0 Å². The van der Waals surface area contributed by atoms with Crippen molar-refractivity contribution in [2.24, 2.45) is 0 Å². The normalized spacial score (nSPS) is 12.0. The number of hydrogen-bond donors (Lipinski definition) is 2. The van der Waals surface area contributed by atoms with Gasteiger partial charge in [0.15, 0.2) is 0 Å². The van der Waals surface area contributed by atoms with Crippen molar-refractivity contribution in [1.29, 1.82) is 0 Å². The van der Waals surface area contributed by atoms with Crippen molar-refractivity contribution < 1.29 is 14.7 Å². The molecule has 0 saturated carbocycles. The first-order valence-corrected chi connectivity index (χ1v) is 7.43. The first-order valence-electron chi connectivity index (χ1n) is 7.43. The Balaban J connectivity index is 2.05. The summed E-state index contributed by atoms with van der Waals surface area (Å²) in [5.41, 5.74) is 2.33. The SMILES string of the molecule is O=C(O)/C=C\C(=O)NCC(Cc1ccccc1)c1ccccc1. The van der Waals surface area contributed by atoms with E-state index in [1.165, 1.54) is 5.56 Å². The molecule has 23 heavy (non-hydrogen) atoms. The maximum absolute atomic E-state index is 11.7. The molecule has 0 saturated heterocycles. The number of aliphatic carboxylic acids is 1. The molecule has 118 valence electrons. The first kappa shape index (κ1) is 16.5. The van der Waals surface area contributed by atoms with Crippen LogP contribution in [0.5, 0.6) is 0 Å². The molecule has 4 heteroatoms. The smallest absolute Gasteiger partial charge is 0.328 e. The highest BCUT2D eigenvalue weighted by atomic mass is 16.4. The van der Waals surface area contributed by atoms with E-state index in [0.29, 0.717) is 6.54 Å². The number of rotatable bonds is 7. The molecule has 0 aliphatic heterocycles. The van der Waals surface area contributed by atoms with Crippen LogP contribution in [0.4, 0.5) is 0 Å². The van der Waals surface area contributed by atoms with Gasteiger partial charge in [0.1, 0.15) is 0 Å². The summed E-state index contributed by atoms with van der Waals surface area (Å²) >= 11 is 0. The van der Waals surface area contributed by atoms with E-state index in [0.717, 1.165) is 24.1 Å². The van der Waals surface area contributed by atoms with Crippen LogP contribution in [0, 0.1) is 0 Å². The summed E-state index contributed by atoms with van der Waals surface area (Å²) in [6.45, 7) is 0.446. The molecule has 0 aliphatic carbocycles. The minimum Gasteiger partial charge on any atom is -0.478 e. The predicted octanol–water partition coefficient (Wildman–Crippen LogP) is 2.77. The second kappa shape index (κ2) is 8.54. The van der Waals surface area contributed by atoms with E-state index in [2.05, 4.69) is 17.4 Å². The van der Waals surface area contributed by atoms with Crippen LogP contribution in [0.1, 0.15) is 17.0 Å². The summed E-state index contributed by atoms with van der Waals surface area (Å²) in [7, 11) is 0. The van der Waals surface area contributed by atoms with E-state index < -0.39 is 11.9 Å². The minimum absolute atomic E-state index is 0.126. The van der Waals surface area contributed by atoms with Crippen molar-refractivity contribution in [1.82, 2.24) is 5.32 Å². The Labute approximate surface area is 135 Å². The zero-order valence-corrected chi connectivity index (χ0v) is 12.7. The molecular weight excluding hydrogens is 290 g/mol. The van der Waals surface area contributed by atoms with Crippen LogP contribution in [0.2, 0.25) is 0 Å². The molecule has 0 bridgehead atoms. The van der Waals surface area contributed by atoms with Gasteiger partial charge in [-0.05, 0) is 17.5 Å². The summed E-state index contributed by atoms with van der Waals surface area (Å²) in [5.74, 6) is -1.41. The van der Waals surface area contributed by atoms with Gasteiger partial charge in [0.05, 0.1) is 0 Å². The van der Waals surface area contributed by atoms with Crippen molar-refractivity contribution in [3.8, 4) is 0 Å². The number of carboxylic acids is 1. The maximum Gasteiger partial charge on any atom is 0.328 e. The highest BCUT2D eigenvalue weighted by Crippen LogP contribution is 2.20. The lowest BCUT2D eigenvalue weighted by Crippen LogP contribution is -2.28. The van der Waals surface area contributed by atoms with E-state index in [1.807, 2.05) is 48.5 Å². The van der Waals surface area contributed by atoms with Crippen molar-refractivity contribution >= 4 is 11.9 Å². The minimum atomic E-state index is -1.14. The molecule has 2 aromatic carbocycles. The summed E-state index contributed by atoms with van der Waals surface area (Å²) in [4.78, 5) is 22.1. The lowest BCUT2D eigenvalue weighted by atomic mass is 9.92. The molecular formula is C19H19NO3. The molecule has 2 N–H and O–H groups in total. The van der Waals surface area contributed by atoms with Crippen LogP contribution in [-0.2, 0) is 16.0 Å². The highest BCUT2D eigenvalue weighted by Gasteiger charge is 2.13. The Morgan fingerprint density at radius 1 is 0.957 bits per heavy atom. The zero-order valence-electron chi connectivity index (χ0n) is 12.7. The molecule has 0 aromatic heterocycles. The third-order valence-corrected chi connectivity index (χ3v) is 3.50. The summed E-state index contributed by atoms with van der Waals surface area (Å²) < 4.78 is 0. The van der Waals surface area contributed by atoms with Gasteiger partial charge in [-0.15, -0.1) is 0 Å². The number of benzene rings is 2. The third-order valence-electron chi connectivity index (χ3n) is 3.50. The molecule has 1 unspecified atom stereocenters. The van der Waals surface area contributed by atoms with Crippen LogP contribution < -0.4 is 5.32 Å². The molecule has 2 rings (SSSR count). The number of nitrogens with one attached hydrogen (secondary N) is 1. The lowest BCUT2D eigenvalue weighted by molar-refractivity contribution is -0.131. The first-order chi connectivity index (χ1) is 11.1. The second-order valence-corrected chi connectivity index (χ2v) is 5.21. The fourth-order valence-electron chi connectivity index (χ4n) is 2.36. The van der Waals surface area contributed by atoms with E-state index in [9.17, 15) is 9.59 Å². The monoisotopic (exact) mass is 309 g/mol. The molecule has 0 spiro atoms. The van der Waals surface area contributed by atoms with Gasteiger partial charge in [0, 0.05) is 24.6 Å². The second-order valence-electron chi connectivity index (χ2n) is 5.21. The summed E-state index contributed by atoms with van der Waals surface area (Å²) in [6, 6.07) is 20.0. The largest absolute Gasteiger partial charge is 0.478 e. The Bertz CT molecular complexity index is 666.